The Hall–Kier alpha value is -0.530. The molecule has 0 heterocycles. The summed E-state index contributed by atoms with van der Waals surface area (Å²) in [5.74, 6) is -0.833. The van der Waals surface area contributed by atoms with E-state index in [-0.39, 0.29) is 12.2 Å². The second-order valence-electron chi connectivity index (χ2n) is 2.86. The minimum atomic E-state index is -3.56. The Bertz CT molecular complexity index is 313. The first-order valence-electron chi connectivity index (χ1n) is 4.25. The Kier molecular flexibility index (Phi) is 6.62. The van der Waals surface area contributed by atoms with Crippen molar-refractivity contribution in [3.63, 3.8) is 0 Å². The predicted molar refractivity (Wildman–Crippen MR) is 61.5 cm³/mol. The molecule has 0 aromatic carbocycles. The second-order valence-corrected chi connectivity index (χ2v) is 5.64. The molecule has 0 saturated carbocycles. The van der Waals surface area contributed by atoms with Crippen LogP contribution in [0, 0.1) is 0 Å². The maximum atomic E-state index is 11.3. The summed E-state index contributed by atoms with van der Waals surface area (Å²) in [5, 5.41) is 8.77. The van der Waals surface area contributed by atoms with Crippen LogP contribution in [0.2, 0.25) is 0 Å². The smallest absolute Gasteiger partial charge is 0.321 e. The van der Waals surface area contributed by atoms with E-state index in [2.05, 4.69) is 11.3 Å². The highest BCUT2D eigenvalue weighted by molar-refractivity contribution is 7.98. The van der Waals surface area contributed by atoms with Gasteiger partial charge < -0.3 is 5.11 Å². The lowest BCUT2D eigenvalue weighted by Gasteiger charge is -2.13. The Balaban J connectivity index is 4.40. The summed E-state index contributed by atoms with van der Waals surface area (Å²) in [6.07, 6.45) is 3.32. The van der Waals surface area contributed by atoms with E-state index in [1.807, 2.05) is 6.26 Å². The molecule has 15 heavy (non-hydrogen) atoms. The van der Waals surface area contributed by atoms with Gasteiger partial charge in [-0.15, -0.1) is 6.58 Å². The highest BCUT2D eigenvalue weighted by Crippen LogP contribution is 2.02. The molecule has 0 aliphatic rings. The molecule has 0 amide bonds. The van der Waals surface area contributed by atoms with E-state index < -0.39 is 22.0 Å². The fourth-order valence-electron chi connectivity index (χ4n) is 0.889. The van der Waals surface area contributed by atoms with Crippen LogP contribution in [-0.4, -0.2) is 43.3 Å². The molecule has 2 N–H and O–H groups in total. The molecule has 0 radical (unpaired) electrons. The minimum absolute atomic E-state index is 0.268. The van der Waals surface area contributed by atoms with Gasteiger partial charge in [0.2, 0.25) is 10.0 Å². The van der Waals surface area contributed by atoms with Crippen LogP contribution < -0.4 is 4.72 Å². The lowest BCUT2D eigenvalue weighted by atomic mass is 10.2. The van der Waals surface area contributed by atoms with Crippen LogP contribution in [0.15, 0.2) is 12.7 Å². The normalized spacial score (nSPS) is 13.4. The number of carbonyl (C=O) groups is 1. The minimum Gasteiger partial charge on any atom is -0.480 e. The highest BCUT2D eigenvalue weighted by Gasteiger charge is 2.22. The van der Waals surface area contributed by atoms with Crippen molar-refractivity contribution in [2.45, 2.75) is 12.5 Å². The van der Waals surface area contributed by atoms with E-state index in [4.69, 9.17) is 5.11 Å². The van der Waals surface area contributed by atoms with Crippen molar-refractivity contribution in [1.29, 1.82) is 0 Å². The second kappa shape index (κ2) is 6.86. The van der Waals surface area contributed by atoms with E-state index >= 15 is 0 Å². The fraction of sp³-hybridized carbons (Fsp3) is 0.625. The number of thioether (sulfide) groups is 1. The molecule has 0 aromatic rings. The van der Waals surface area contributed by atoms with Gasteiger partial charge in [0.05, 0.1) is 5.75 Å². The molecule has 0 rings (SSSR count). The molecule has 5 nitrogen and oxygen atoms in total. The van der Waals surface area contributed by atoms with Crippen molar-refractivity contribution in [3.8, 4) is 0 Å². The zero-order chi connectivity index (χ0) is 11.9. The van der Waals surface area contributed by atoms with Crippen molar-refractivity contribution in [2.24, 2.45) is 0 Å². The summed E-state index contributed by atoms with van der Waals surface area (Å²) >= 11 is 1.47. The van der Waals surface area contributed by atoms with E-state index in [0.717, 1.165) is 0 Å². The summed E-state index contributed by atoms with van der Waals surface area (Å²) < 4.78 is 24.6. The first-order valence-corrected chi connectivity index (χ1v) is 7.30. The molecule has 0 spiro atoms. The van der Waals surface area contributed by atoms with E-state index in [9.17, 15) is 13.2 Å². The van der Waals surface area contributed by atoms with Crippen molar-refractivity contribution in [3.05, 3.63) is 12.7 Å². The van der Waals surface area contributed by atoms with Gasteiger partial charge in [0, 0.05) is 0 Å². The zero-order valence-electron chi connectivity index (χ0n) is 8.47. The third kappa shape index (κ3) is 6.53. The number of sulfonamides is 1. The molecule has 1 unspecified atom stereocenters. The Morgan fingerprint density at radius 1 is 1.67 bits per heavy atom. The molecule has 0 aliphatic heterocycles. The van der Waals surface area contributed by atoms with Crippen molar-refractivity contribution in [1.82, 2.24) is 4.72 Å². The highest BCUT2D eigenvalue weighted by atomic mass is 32.2. The molecule has 0 fully saturated rings. The summed E-state index contributed by atoms with van der Waals surface area (Å²) in [6, 6.07) is -1.05. The number of nitrogens with one attached hydrogen (secondary N) is 1. The van der Waals surface area contributed by atoms with Gasteiger partial charge in [-0.1, -0.05) is 6.08 Å². The number of hydrogen-bond acceptors (Lipinski definition) is 4. The van der Waals surface area contributed by atoms with E-state index in [0.29, 0.717) is 5.75 Å². The monoisotopic (exact) mass is 253 g/mol. The third-order valence-corrected chi connectivity index (χ3v) is 3.53. The molecule has 7 heteroatoms. The van der Waals surface area contributed by atoms with Gasteiger partial charge in [-0.05, 0) is 18.4 Å². The molecule has 1 atom stereocenters. The molecular weight excluding hydrogens is 238 g/mol. The first kappa shape index (κ1) is 14.5. The van der Waals surface area contributed by atoms with E-state index in [1.165, 1.54) is 17.8 Å². The fourth-order valence-corrected chi connectivity index (χ4v) is 2.42. The Labute approximate surface area is 94.0 Å². The van der Waals surface area contributed by atoms with Crippen molar-refractivity contribution in [2.75, 3.05) is 17.8 Å². The lowest BCUT2D eigenvalue weighted by Crippen LogP contribution is -2.41. The van der Waals surface area contributed by atoms with Gasteiger partial charge in [-0.25, -0.2) is 13.1 Å². The molecule has 0 bridgehead atoms. The number of aliphatic carboxylic acids is 1. The number of carboxylic acids is 1. The van der Waals surface area contributed by atoms with Crippen LogP contribution in [0.5, 0.6) is 0 Å². The molecule has 0 aliphatic carbocycles. The van der Waals surface area contributed by atoms with Gasteiger partial charge in [0.1, 0.15) is 6.04 Å². The average molecular weight is 253 g/mol. The SMILES string of the molecule is C=CCS(=O)(=O)NC(CCSC)C(=O)O. The maximum Gasteiger partial charge on any atom is 0.321 e. The summed E-state index contributed by atoms with van der Waals surface area (Å²) in [5.41, 5.74) is 0. The zero-order valence-corrected chi connectivity index (χ0v) is 10.1. The van der Waals surface area contributed by atoms with Crippen LogP contribution in [0.3, 0.4) is 0 Å². The third-order valence-electron chi connectivity index (χ3n) is 1.57. The van der Waals surface area contributed by atoms with Crippen molar-refractivity contribution >= 4 is 27.8 Å². The van der Waals surface area contributed by atoms with E-state index in [1.54, 1.807) is 0 Å². The summed E-state index contributed by atoms with van der Waals surface area (Å²) in [6.45, 7) is 3.29. The van der Waals surface area contributed by atoms with Crippen LogP contribution in [-0.2, 0) is 14.8 Å². The van der Waals surface area contributed by atoms with Crippen LogP contribution in [0.4, 0.5) is 0 Å². The topological polar surface area (TPSA) is 83.5 Å². The standard InChI is InChI=1S/C8H15NO4S2/c1-3-6-15(12,13)9-7(8(10)11)4-5-14-2/h3,7,9H,1,4-6H2,2H3,(H,10,11). The maximum absolute atomic E-state index is 11.3. The number of hydrogen-bond donors (Lipinski definition) is 2. The van der Waals surface area contributed by atoms with Gasteiger partial charge >= 0.3 is 5.97 Å². The molecular formula is C8H15NO4S2. The Morgan fingerprint density at radius 2 is 2.27 bits per heavy atom. The van der Waals surface area contributed by atoms with Gasteiger partial charge in [0.15, 0.2) is 0 Å². The largest absolute Gasteiger partial charge is 0.480 e. The first-order chi connectivity index (χ1) is 6.93. The molecule has 0 saturated heterocycles. The van der Waals surface area contributed by atoms with Gasteiger partial charge in [-0.2, -0.15) is 11.8 Å². The van der Waals surface area contributed by atoms with Crippen LogP contribution in [0.25, 0.3) is 0 Å². The predicted octanol–water partition coefficient (Wildman–Crippen LogP) is 0.298. The molecule has 88 valence electrons. The van der Waals surface area contributed by atoms with Gasteiger partial charge in [-0.3, -0.25) is 4.79 Å². The lowest BCUT2D eigenvalue weighted by molar-refractivity contribution is -0.139. The Morgan fingerprint density at radius 3 is 2.67 bits per heavy atom. The van der Waals surface area contributed by atoms with Crippen LogP contribution in [0.1, 0.15) is 6.42 Å². The van der Waals surface area contributed by atoms with Gasteiger partial charge in [0.25, 0.3) is 0 Å². The number of carboxylic acid groups (broad SMARTS) is 1. The quantitative estimate of drug-likeness (QED) is 0.608. The van der Waals surface area contributed by atoms with Crippen LogP contribution >= 0.6 is 11.8 Å². The number of rotatable bonds is 8. The summed E-state index contributed by atoms with van der Waals surface area (Å²) in [4.78, 5) is 10.7. The average Bonchev–Trinajstić information content (AvgIpc) is 2.11. The van der Waals surface area contributed by atoms with Crippen molar-refractivity contribution < 1.29 is 18.3 Å². The summed E-state index contributed by atoms with van der Waals surface area (Å²) in [7, 11) is -3.56. The molecule has 0 aromatic heterocycles.